The van der Waals surface area contributed by atoms with Crippen LogP contribution in [0.25, 0.3) is 0 Å². The summed E-state index contributed by atoms with van der Waals surface area (Å²) in [4.78, 5) is 12.1. The molecule has 0 N–H and O–H groups in total. The molecule has 17 heavy (non-hydrogen) atoms. The van der Waals surface area contributed by atoms with Crippen molar-refractivity contribution in [3.8, 4) is 0 Å². The van der Waals surface area contributed by atoms with Gasteiger partial charge in [0.05, 0.1) is 5.57 Å². The highest BCUT2D eigenvalue weighted by Gasteiger charge is 2.33. The van der Waals surface area contributed by atoms with E-state index in [-0.39, 0.29) is 5.97 Å². The number of ether oxygens (including phenoxy) is 1. The van der Waals surface area contributed by atoms with Crippen LogP contribution in [0.3, 0.4) is 0 Å². The lowest BCUT2D eigenvalue weighted by atomic mass is 9.82. The maximum absolute atomic E-state index is 12.1. The summed E-state index contributed by atoms with van der Waals surface area (Å²) in [5, 5.41) is 0. The highest BCUT2D eigenvalue weighted by atomic mass is 16.6. The molecule has 2 rings (SSSR count). The van der Waals surface area contributed by atoms with Gasteiger partial charge < -0.3 is 4.74 Å². The van der Waals surface area contributed by atoms with Crippen LogP contribution in [-0.4, -0.2) is 11.6 Å². The van der Waals surface area contributed by atoms with Gasteiger partial charge in [0.2, 0.25) is 0 Å². The molecule has 2 unspecified atom stereocenters. The van der Waals surface area contributed by atoms with Gasteiger partial charge in [0.1, 0.15) is 5.60 Å². The summed E-state index contributed by atoms with van der Waals surface area (Å²) < 4.78 is 5.45. The third kappa shape index (κ3) is 2.62. The Hall–Kier alpha value is -1.05. The Morgan fingerprint density at radius 3 is 2.71 bits per heavy atom. The number of allylic oxidation sites excluding steroid dienone is 2. The second-order valence-electron chi connectivity index (χ2n) is 6.16. The highest BCUT2D eigenvalue weighted by molar-refractivity contribution is 5.93. The number of hydrogen-bond donors (Lipinski definition) is 0. The van der Waals surface area contributed by atoms with Gasteiger partial charge in [-0.1, -0.05) is 24.1 Å². The molecule has 0 aliphatic heterocycles. The number of esters is 1. The van der Waals surface area contributed by atoms with Gasteiger partial charge in [-0.15, -0.1) is 0 Å². The summed E-state index contributed by atoms with van der Waals surface area (Å²) in [6.07, 6.45) is 7.92. The number of rotatable bonds is 1. The van der Waals surface area contributed by atoms with E-state index in [9.17, 15) is 4.79 Å². The Balaban J connectivity index is 2.18. The lowest BCUT2D eigenvalue weighted by molar-refractivity contribution is -0.149. The summed E-state index contributed by atoms with van der Waals surface area (Å²) in [5.74, 6) is 1.06. The minimum atomic E-state index is -0.412. The molecule has 2 aliphatic rings. The summed E-state index contributed by atoms with van der Waals surface area (Å²) in [6.45, 7) is 7.81. The first-order valence-electron chi connectivity index (χ1n) is 6.51. The van der Waals surface area contributed by atoms with Gasteiger partial charge in [-0.3, -0.25) is 0 Å². The molecule has 94 valence electrons. The van der Waals surface area contributed by atoms with E-state index in [4.69, 9.17) is 4.74 Å². The fraction of sp³-hybridized carbons (Fsp3) is 0.667. The number of carbonyl (C=O) groups excluding carboxylic acids is 1. The molecule has 1 saturated carbocycles. The molecular weight excluding hydrogens is 212 g/mol. The Morgan fingerprint density at radius 1 is 1.35 bits per heavy atom. The topological polar surface area (TPSA) is 26.3 Å². The van der Waals surface area contributed by atoms with E-state index < -0.39 is 5.60 Å². The lowest BCUT2D eigenvalue weighted by Crippen LogP contribution is -2.26. The summed E-state index contributed by atoms with van der Waals surface area (Å²) in [6, 6.07) is 0. The molecule has 2 nitrogen and oxygen atoms in total. The fourth-order valence-electron chi connectivity index (χ4n) is 2.87. The molecule has 2 aliphatic carbocycles. The zero-order chi connectivity index (χ0) is 12.6. The molecule has 0 heterocycles. The standard InChI is InChI=1S/C15H22O2/c1-10-12-7-5-6-11(12)8-9-13(10)14(16)17-15(2,3)4/h8-9,11-12H,5-7H2,1-4H3. The van der Waals surface area contributed by atoms with Gasteiger partial charge in [0, 0.05) is 0 Å². The molecule has 0 bridgehead atoms. The number of carbonyl (C=O) groups is 1. The van der Waals surface area contributed by atoms with Gasteiger partial charge in [0.15, 0.2) is 0 Å². The monoisotopic (exact) mass is 234 g/mol. The van der Waals surface area contributed by atoms with Crippen LogP contribution in [-0.2, 0) is 9.53 Å². The molecule has 0 aromatic heterocycles. The summed E-state index contributed by atoms with van der Waals surface area (Å²) in [5.41, 5.74) is 1.59. The molecule has 0 amide bonds. The smallest absolute Gasteiger partial charge is 0.338 e. The third-order valence-corrected chi connectivity index (χ3v) is 3.68. The average Bonchev–Trinajstić information content (AvgIpc) is 2.63. The average molecular weight is 234 g/mol. The van der Waals surface area contributed by atoms with E-state index in [1.54, 1.807) is 0 Å². The van der Waals surface area contributed by atoms with Gasteiger partial charge in [-0.05, 0) is 52.4 Å². The van der Waals surface area contributed by atoms with Crippen LogP contribution in [0.2, 0.25) is 0 Å². The van der Waals surface area contributed by atoms with Gasteiger partial charge in [-0.2, -0.15) is 0 Å². The largest absolute Gasteiger partial charge is 0.456 e. The third-order valence-electron chi connectivity index (χ3n) is 3.68. The van der Waals surface area contributed by atoms with Crippen LogP contribution < -0.4 is 0 Å². The van der Waals surface area contributed by atoms with Crippen molar-refractivity contribution >= 4 is 5.97 Å². The molecule has 0 aromatic rings. The normalized spacial score (nSPS) is 28.2. The molecule has 2 atom stereocenters. The van der Waals surface area contributed by atoms with E-state index in [1.165, 1.54) is 24.8 Å². The first kappa shape index (κ1) is 12.4. The van der Waals surface area contributed by atoms with Crippen LogP contribution >= 0.6 is 0 Å². The van der Waals surface area contributed by atoms with E-state index in [0.29, 0.717) is 11.8 Å². The zero-order valence-corrected chi connectivity index (χ0v) is 11.2. The van der Waals surface area contributed by atoms with E-state index in [2.05, 4.69) is 13.0 Å². The maximum Gasteiger partial charge on any atom is 0.338 e. The Kier molecular flexibility index (Phi) is 3.15. The van der Waals surface area contributed by atoms with Crippen LogP contribution in [0.5, 0.6) is 0 Å². The Bertz CT molecular complexity index is 382. The van der Waals surface area contributed by atoms with E-state index in [1.807, 2.05) is 26.8 Å². The van der Waals surface area contributed by atoms with Gasteiger partial charge in [-0.25, -0.2) is 4.79 Å². The summed E-state index contributed by atoms with van der Waals surface area (Å²) in [7, 11) is 0. The van der Waals surface area contributed by atoms with Crippen LogP contribution in [0.15, 0.2) is 23.3 Å². The SMILES string of the molecule is CC1=C(C(=O)OC(C)(C)C)C=CC2CCCC12. The molecule has 0 saturated heterocycles. The number of hydrogen-bond acceptors (Lipinski definition) is 2. The second-order valence-corrected chi connectivity index (χ2v) is 6.16. The molecule has 2 heteroatoms. The van der Waals surface area contributed by atoms with E-state index >= 15 is 0 Å². The molecule has 0 radical (unpaired) electrons. The van der Waals surface area contributed by atoms with E-state index in [0.717, 1.165) is 5.57 Å². The Morgan fingerprint density at radius 2 is 2.06 bits per heavy atom. The molecular formula is C15H22O2. The minimum absolute atomic E-state index is 0.170. The van der Waals surface area contributed by atoms with Crippen molar-refractivity contribution in [2.75, 3.05) is 0 Å². The van der Waals surface area contributed by atoms with Crippen molar-refractivity contribution in [1.82, 2.24) is 0 Å². The van der Waals surface area contributed by atoms with Crippen molar-refractivity contribution in [2.45, 2.75) is 52.6 Å². The second kappa shape index (κ2) is 4.32. The summed E-state index contributed by atoms with van der Waals surface area (Å²) >= 11 is 0. The first-order chi connectivity index (χ1) is 7.88. The van der Waals surface area contributed by atoms with Gasteiger partial charge in [0.25, 0.3) is 0 Å². The predicted octanol–water partition coefficient (Wildman–Crippen LogP) is 3.63. The van der Waals surface area contributed by atoms with Crippen molar-refractivity contribution in [1.29, 1.82) is 0 Å². The van der Waals surface area contributed by atoms with Crippen LogP contribution in [0.4, 0.5) is 0 Å². The molecule has 0 aromatic carbocycles. The minimum Gasteiger partial charge on any atom is -0.456 e. The van der Waals surface area contributed by atoms with Gasteiger partial charge >= 0.3 is 5.97 Å². The van der Waals surface area contributed by atoms with Crippen LogP contribution in [0.1, 0.15) is 47.0 Å². The van der Waals surface area contributed by atoms with Crippen LogP contribution in [0, 0.1) is 11.8 Å². The predicted molar refractivity (Wildman–Crippen MR) is 68.5 cm³/mol. The zero-order valence-electron chi connectivity index (χ0n) is 11.2. The lowest BCUT2D eigenvalue weighted by Gasteiger charge is -2.26. The van der Waals surface area contributed by atoms with Crippen molar-refractivity contribution < 1.29 is 9.53 Å². The Labute approximate surface area is 104 Å². The first-order valence-corrected chi connectivity index (χ1v) is 6.51. The highest BCUT2D eigenvalue weighted by Crippen LogP contribution is 2.42. The van der Waals surface area contributed by atoms with Crippen molar-refractivity contribution in [2.24, 2.45) is 11.8 Å². The maximum atomic E-state index is 12.1. The van der Waals surface area contributed by atoms with Crippen molar-refractivity contribution in [3.63, 3.8) is 0 Å². The molecule has 0 spiro atoms. The quantitative estimate of drug-likeness (QED) is 0.648. The fourth-order valence-corrected chi connectivity index (χ4v) is 2.87. The number of fused-ring (bicyclic) bond motifs is 1. The van der Waals surface area contributed by atoms with Crippen molar-refractivity contribution in [3.05, 3.63) is 23.3 Å². The molecule has 1 fully saturated rings.